The topological polar surface area (TPSA) is 54.4 Å². The molecule has 2 aromatic heterocycles. The van der Waals surface area contributed by atoms with E-state index in [1.807, 2.05) is 12.1 Å². The van der Waals surface area contributed by atoms with E-state index in [-0.39, 0.29) is 0 Å². The van der Waals surface area contributed by atoms with Crippen LogP contribution in [0.25, 0.3) is 59.1 Å². The van der Waals surface area contributed by atoms with Gasteiger partial charge in [-0.15, -0.1) is 0 Å². The lowest BCUT2D eigenvalue weighted by Gasteiger charge is -2.08. The molecular weight excluding hydrogens is 348 g/mol. The van der Waals surface area contributed by atoms with Gasteiger partial charge in [-0.3, -0.25) is 0 Å². The molecule has 0 aliphatic rings. The fourth-order valence-corrected chi connectivity index (χ4v) is 4.04. The molecule has 2 heterocycles. The van der Waals surface area contributed by atoms with E-state index in [0.717, 1.165) is 54.3 Å². The summed E-state index contributed by atoms with van der Waals surface area (Å²) in [4.78, 5) is 3.39. The molecule has 6 aromatic rings. The highest BCUT2D eigenvalue weighted by molar-refractivity contribution is 6.20. The first-order valence-electron chi connectivity index (χ1n) is 8.77. The Labute approximate surface area is 158 Å². The lowest BCUT2D eigenvalue weighted by molar-refractivity contribution is 0.600. The quantitative estimate of drug-likeness (QED) is 0.216. The van der Waals surface area contributed by atoms with Gasteiger partial charge in [-0.1, -0.05) is 24.3 Å². The molecule has 0 saturated carbocycles. The molecule has 0 radical (unpaired) electrons. The minimum atomic E-state index is 0.302. The number of rotatable bonds is 0. The third kappa shape index (κ3) is 1.92. The van der Waals surface area contributed by atoms with Gasteiger partial charge in [-0.05, 0) is 62.6 Å². The molecule has 28 heavy (non-hydrogen) atoms. The summed E-state index contributed by atoms with van der Waals surface area (Å²) in [5, 5.41) is 17.6. The van der Waals surface area contributed by atoms with E-state index in [1.54, 1.807) is 12.1 Å². The fraction of sp³-hybridized carbons (Fsp3) is 0. The Morgan fingerprint density at radius 3 is 1.89 bits per heavy atom. The maximum Gasteiger partial charge on any atom is 0.346 e. The summed E-state index contributed by atoms with van der Waals surface area (Å²) >= 11 is 0. The molecule has 4 aromatic carbocycles. The summed E-state index contributed by atoms with van der Waals surface area (Å²) in [5.41, 5.74) is 1.44. The van der Waals surface area contributed by atoms with Crippen LogP contribution < -0.4 is 0 Å². The second-order valence-electron chi connectivity index (χ2n) is 6.87. The minimum Gasteiger partial charge on any atom is -0.480 e. The van der Waals surface area contributed by atoms with Gasteiger partial charge >= 0.3 is 5.88 Å². The van der Waals surface area contributed by atoms with Crippen LogP contribution in [-0.4, -0.2) is 0 Å². The monoisotopic (exact) mass is 358 g/mol. The van der Waals surface area contributed by atoms with Gasteiger partial charge in [0.15, 0.2) is 0 Å². The zero-order chi connectivity index (χ0) is 18.8. The van der Waals surface area contributed by atoms with Gasteiger partial charge in [0.2, 0.25) is 5.76 Å². The van der Waals surface area contributed by atoms with Crippen LogP contribution >= 0.6 is 0 Å². The molecule has 0 spiro atoms. The van der Waals surface area contributed by atoms with Gasteiger partial charge < -0.3 is 8.83 Å². The average Bonchev–Trinajstić information content (AvgIpc) is 3.32. The lowest BCUT2D eigenvalue weighted by Crippen LogP contribution is -1.81. The van der Waals surface area contributed by atoms with Gasteiger partial charge in [0.05, 0.1) is 6.57 Å². The van der Waals surface area contributed by atoms with Gasteiger partial charge in [-0.2, -0.15) is 10.1 Å². The number of hydrogen-bond acceptors (Lipinski definition) is 3. The number of nitriles is 1. The van der Waals surface area contributed by atoms with Crippen molar-refractivity contribution in [3.8, 4) is 6.07 Å². The lowest BCUT2D eigenvalue weighted by atomic mass is 9.96. The van der Waals surface area contributed by atoms with Crippen molar-refractivity contribution in [3.63, 3.8) is 0 Å². The number of furan rings is 2. The van der Waals surface area contributed by atoms with E-state index in [1.165, 1.54) is 0 Å². The summed E-state index contributed by atoms with van der Waals surface area (Å²) in [5.74, 6) is 0.619. The third-order valence-corrected chi connectivity index (χ3v) is 5.31. The van der Waals surface area contributed by atoms with Gasteiger partial charge in [-0.25, -0.2) is 0 Å². The molecule has 0 bridgehead atoms. The number of hydrogen-bond donors (Lipinski definition) is 0. The molecular formula is C24H10N2O2. The van der Waals surface area contributed by atoms with E-state index in [2.05, 4.69) is 47.3 Å². The Kier molecular flexibility index (Phi) is 2.72. The Bertz CT molecular complexity index is 1560. The molecule has 0 aliphatic heterocycles. The summed E-state index contributed by atoms with van der Waals surface area (Å²) in [7, 11) is 0. The maximum atomic E-state index is 9.10. The Balaban J connectivity index is 1.74. The first-order chi connectivity index (χ1) is 13.7. The highest BCUT2D eigenvalue weighted by Crippen LogP contribution is 2.37. The van der Waals surface area contributed by atoms with Crippen LogP contribution in [0.1, 0.15) is 5.76 Å². The predicted molar refractivity (Wildman–Crippen MR) is 109 cm³/mol. The molecule has 0 fully saturated rings. The van der Waals surface area contributed by atoms with Crippen LogP contribution in [-0.2, 0) is 0 Å². The molecule has 0 atom stereocenters. The van der Waals surface area contributed by atoms with Crippen molar-refractivity contribution < 1.29 is 8.83 Å². The maximum absolute atomic E-state index is 9.10. The summed E-state index contributed by atoms with van der Waals surface area (Å²) in [6, 6.07) is 22.1. The van der Waals surface area contributed by atoms with Crippen molar-refractivity contribution >= 4 is 60.1 Å². The van der Waals surface area contributed by atoms with Gasteiger partial charge in [0.1, 0.15) is 17.2 Å². The van der Waals surface area contributed by atoms with Crippen molar-refractivity contribution in [2.75, 3.05) is 0 Å². The summed E-state index contributed by atoms with van der Waals surface area (Å²) in [6.45, 7) is 7.16. The Morgan fingerprint density at radius 2 is 1.29 bits per heavy atom. The van der Waals surface area contributed by atoms with Crippen LogP contribution in [0, 0.1) is 17.9 Å². The van der Waals surface area contributed by atoms with Crippen LogP contribution in [0.15, 0.2) is 69.5 Å². The van der Waals surface area contributed by atoms with Crippen LogP contribution in [0.5, 0.6) is 0 Å². The van der Waals surface area contributed by atoms with Crippen molar-refractivity contribution in [2.24, 2.45) is 0 Å². The highest BCUT2D eigenvalue weighted by atomic mass is 16.3. The van der Waals surface area contributed by atoms with Crippen molar-refractivity contribution in [1.82, 2.24) is 0 Å². The molecule has 0 N–H and O–H groups in total. The average molecular weight is 358 g/mol. The van der Waals surface area contributed by atoms with E-state index < -0.39 is 0 Å². The molecule has 4 heteroatoms. The molecule has 0 amide bonds. The molecule has 128 valence electrons. The van der Waals surface area contributed by atoms with Crippen LogP contribution in [0.4, 0.5) is 5.88 Å². The summed E-state index contributed by atoms with van der Waals surface area (Å²) in [6.07, 6.45) is 0. The van der Waals surface area contributed by atoms with Crippen molar-refractivity contribution in [1.29, 1.82) is 5.26 Å². The van der Waals surface area contributed by atoms with Crippen molar-refractivity contribution in [3.05, 3.63) is 77.8 Å². The van der Waals surface area contributed by atoms with E-state index >= 15 is 0 Å². The SMILES string of the molecule is [C-]#[N+]c1cc2cc3c(ccc4c5cc6cc(C#N)oc6cc5ccc34)cc2o1. The first-order valence-corrected chi connectivity index (χ1v) is 8.77. The molecule has 0 saturated heterocycles. The number of fused-ring (bicyclic) bond motifs is 7. The second-order valence-corrected chi connectivity index (χ2v) is 6.87. The molecule has 0 unspecified atom stereocenters. The van der Waals surface area contributed by atoms with Crippen molar-refractivity contribution in [2.45, 2.75) is 0 Å². The van der Waals surface area contributed by atoms with E-state index in [4.69, 9.17) is 20.7 Å². The van der Waals surface area contributed by atoms with Crippen LogP contribution in [0.2, 0.25) is 0 Å². The van der Waals surface area contributed by atoms with Gasteiger partial charge in [0, 0.05) is 16.8 Å². The second kappa shape index (κ2) is 5.13. The largest absolute Gasteiger partial charge is 0.480 e. The summed E-state index contributed by atoms with van der Waals surface area (Å²) < 4.78 is 11.2. The zero-order valence-corrected chi connectivity index (χ0v) is 14.5. The molecule has 4 nitrogen and oxygen atoms in total. The third-order valence-electron chi connectivity index (χ3n) is 5.31. The normalized spacial score (nSPS) is 11.5. The smallest absolute Gasteiger partial charge is 0.346 e. The standard InChI is InChI=1S/C24H10N2O2/c1-26-24-11-16-8-21-14(10-23(16)28-24)3-5-18-19(21)4-2-13-9-22-15(7-20(13)18)6-17(12-25)27-22/h2-11H. The molecule has 0 aliphatic carbocycles. The van der Waals surface area contributed by atoms with Crippen LogP contribution in [0.3, 0.4) is 0 Å². The number of benzene rings is 4. The molecule has 6 rings (SSSR count). The zero-order valence-electron chi connectivity index (χ0n) is 14.5. The Morgan fingerprint density at radius 1 is 0.679 bits per heavy atom. The fourth-order valence-electron chi connectivity index (χ4n) is 4.04. The van der Waals surface area contributed by atoms with E-state index in [0.29, 0.717) is 11.6 Å². The van der Waals surface area contributed by atoms with E-state index in [9.17, 15) is 0 Å². The number of nitrogens with zero attached hydrogens (tertiary/aromatic N) is 2. The first kappa shape index (κ1) is 14.8. The highest BCUT2D eigenvalue weighted by Gasteiger charge is 2.11. The Hall–Kier alpha value is -4.28. The minimum absolute atomic E-state index is 0.302. The van der Waals surface area contributed by atoms with Gasteiger partial charge in [0.25, 0.3) is 0 Å². The predicted octanol–water partition coefficient (Wildman–Crippen LogP) is 7.06.